The Labute approximate surface area is 118 Å². The molecule has 114 valence electrons. The summed E-state index contributed by atoms with van der Waals surface area (Å²) in [5, 5.41) is 9.04. The largest absolute Gasteiger partial charge is 0.481 e. The maximum Gasteiger partial charge on any atom is 0.320 e. The number of hydrogen-bond acceptors (Lipinski definition) is 3. The number of carboxylic acid groups (broad SMARTS) is 1. The van der Waals surface area contributed by atoms with Crippen molar-refractivity contribution in [1.29, 1.82) is 0 Å². The van der Waals surface area contributed by atoms with E-state index in [9.17, 15) is 14.4 Å². The summed E-state index contributed by atoms with van der Waals surface area (Å²) in [6, 6.07) is -0.289. The summed E-state index contributed by atoms with van der Waals surface area (Å²) in [5.41, 5.74) is 5.16. The molecule has 0 aromatic heterocycles. The molecule has 0 spiro atoms. The van der Waals surface area contributed by atoms with E-state index in [0.717, 1.165) is 12.8 Å². The van der Waals surface area contributed by atoms with E-state index in [1.807, 2.05) is 6.92 Å². The van der Waals surface area contributed by atoms with E-state index in [1.165, 1.54) is 9.80 Å². The third kappa shape index (κ3) is 4.71. The van der Waals surface area contributed by atoms with Gasteiger partial charge in [-0.25, -0.2) is 4.79 Å². The van der Waals surface area contributed by atoms with Gasteiger partial charge in [0.1, 0.15) is 6.54 Å². The van der Waals surface area contributed by atoms with Crippen molar-refractivity contribution in [3.05, 3.63) is 0 Å². The van der Waals surface area contributed by atoms with Gasteiger partial charge >= 0.3 is 12.0 Å². The Morgan fingerprint density at radius 3 is 2.65 bits per heavy atom. The predicted molar refractivity (Wildman–Crippen MR) is 73.0 cm³/mol. The van der Waals surface area contributed by atoms with Crippen molar-refractivity contribution in [1.82, 2.24) is 9.80 Å². The van der Waals surface area contributed by atoms with Crippen LogP contribution >= 0.6 is 0 Å². The van der Waals surface area contributed by atoms with Gasteiger partial charge in [-0.05, 0) is 19.3 Å². The van der Waals surface area contributed by atoms with Crippen LogP contribution in [0, 0.1) is 5.92 Å². The van der Waals surface area contributed by atoms with Crippen molar-refractivity contribution in [2.24, 2.45) is 11.7 Å². The second-order valence-corrected chi connectivity index (χ2v) is 5.15. The number of carbonyl (C=O) groups excluding carboxylic acids is 2. The van der Waals surface area contributed by atoms with Gasteiger partial charge in [0.2, 0.25) is 5.91 Å². The van der Waals surface area contributed by atoms with Crippen LogP contribution in [0.3, 0.4) is 0 Å². The fourth-order valence-electron chi connectivity index (χ4n) is 2.33. The highest BCUT2D eigenvalue weighted by atomic mass is 16.4. The highest BCUT2D eigenvalue weighted by Gasteiger charge is 2.30. The van der Waals surface area contributed by atoms with Crippen molar-refractivity contribution < 1.29 is 19.5 Å². The second kappa shape index (κ2) is 7.72. The number of carboxylic acids is 1. The standard InChI is InChI=1S/C13H23N3O4/c1-2-3-6-16(9-11(14)17)13(20)15-7-4-5-10(8-15)12(18)19/h10H,2-9H2,1H3,(H2,14,17)(H,18,19)/t10-/m0/s1. The number of primary amides is 1. The molecule has 1 saturated heterocycles. The molecular weight excluding hydrogens is 262 g/mol. The van der Waals surface area contributed by atoms with E-state index in [2.05, 4.69) is 0 Å². The SMILES string of the molecule is CCCCN(CC(N)=O)C(=O)N1CCC[C@H](C(=O)O)C1. The van der Waals surface area contributed by atoms with Crippen LogP contribution in [0.15, 0.2) is 0 Å². The molecule has 20 heavy (non-hydrogen) atoms. The lowest BCUT2D eigenvalue weighted by molar-refractivity contribution is -0.143. The molecule has 1 fully saturated rings. The van der Waals surface area contributed by atoms with Gasteiger partial charge in [-0.15, -0.1) is 0 Å². The Balaban J connectivity index is 2.67. The van der Waals surface area contributed by atoms with Crippen molar-refractivity contribution in [3.63, 3.8) is 0 Å². The minimum Gasteiger partial charge on any atom is -0.481 e. The van der Waals surface area contributed by atoms with E-state index in [-0.39, 0.29) is 19.1 Å². The lowest BCUT2D eigenvalue weighted by Gasteiger charge is -2.34. The molecule has 0 saturated carbocycles. The van der Waals surface area contributed by atoms with Gasteiger partial charge < -0.3 is 20.6 Å². The number of hydrogen-bond donors (Lipinski definition) is 2. The van der Waals surface area contributed by atoms with Gasteiger partial charge in [-0.3, -0.25) is 9.59 Å². The molecular formula is C13H23N3O4. The number of likely N-dealkylation sites (tertiary alicyclic amines) is 1. The molecule has 1 atom stereocenters. The number of rotatable bonds is 6. The lowest BCUT2D eigenvalue weighted by atomic mass is 9.98. The fourth-order valence-corrected chi connectivity index (χ4v) is 2.33. The minimum atomic E-state index is -0.877. The summed E-state index contributed by atoms with van der Waals surface area (Å²) >= 11 is 0. The van der Waals surface area contributed by atoms with Crippen LogP contribution in [0.2, 0.25) is 0 Å². The third-order valence-corrected chi connectivity index (χ3v) is 3.44. The third-order valence-electron chi connectivity index (χ3n) is 3.44. The first-order valence-corrected chi connectivity index (χ1v) is 7.00. The quantitative estimate of drug-likeness (QED) is 0.741. The smallest absolute Gasteiger partial charge is 0.320 e. The zero-order valence-corrected chi connectivity index (χ0v) is 11.9. The first-order valence-electron chi connectivity index (χ1n) is 7.00. The minimum absolute atomic E-state index is 0.118. The van der Waals surface area contributed by atoms with Crippen molar-refractivity contribution in [3.8, 4) is 0 Å². The van der Waals surface area contributed by atoms with Crippen molar-refractivity contribution >= 4 is 17.9 Å². The molecule has 0 aromatic rings. The Kier molecular flexibility index (Phi) is 6.27. The number of aliphatic carboxylic acids is 1. The molecule has 7 nitrogen and oxygen atoms in total. The summed E-state index contributed by atoms with van der Waals surface area (Å²) in [6.45, 7) is 3.08. The highest BCUT2D eigenvalue weighted by molar-refractivity contribution is 5.83. The van der Waals surface area contributed by atoms with Crippen LogP contribution in [0.4, 0.5) is 4.79 Å². The number of amides is 3. The molecule has 7 heteroatoms. The normalized spacial score (nSPS) is 18.6. The van der Waals surface area contributed by atoms with Gasteiger partial charge in [0.15, 0.2) is 0 Å². The molecule has 1 aliphatic rings. The summed E-state index contributed by atoms with van der Waals surface area (Å²) in [4.78, 5) is 37.4. The molecule has 0 unspecified atom stereocenters. The van der Waals surface area contributed by atoms with Crippen molar-refractivity contribution in [2.75, 3.05) is 26.2 Å². The number of piperidine rings is 1. The molecule has 0 radical (unpaired) electrons. The first kappa shape index (κ1) is 16.3. The zero-order valence-electron chi connectivity index (χ0n) is 11.9. The Hall–Kier alpha value is -1.79. The summed E-state index contributed by atoms with van der Waals surface area (Å²) in [5.74, 6) is -1.95. The maximum atomic E-state index is 12.4. The highest BCUT2D eigenvalue weighted by Crippen LogP contribution is 2.18. The van der Waals surface area contributed by atoms with Crippen molar-refractivity contribution in [2.45, 2.75) is 32.6 Å². The molecule has 0 aromatic carbocycles. The van der Waals surface area contributed by atoms with E-state index in [0.29, 0.717) is 25.9 Å². The summed E-state index contributed by atoms with van der Waals surface area (Å²) in [7, 11) is 0. The Bertz CT molecular complexity index is 373. The van der Waals surface area contributed by atoms with Crippen LogP contribution in [-0.2, 0) is 9.59 Å². The molecule has 1 heterocycles. The van der Waals surface area contributed by atoms with Crippen LogP contribution < -0.4 is 5.73 Å². The van der Waals surface area contributed by atoms with Crippen LogP contribution in [0.25, 0.3) is 0 Å². The fraction of sp³-hybridized carbons (Fsp3) is 0.769. The van der Waals surface area contributed by atoms with Gasteiger partial charge in [-0.2, -0.15) is 0 Å². The second-order valence-electron chi connectivity index (χ2n) is 5.15. The molecule has 3 N–H and O–H groups in total. The van der Waals surface area contributed by atoms with Gasteiger partial charge in [0, 0.05) is 19.6 Å². The van der Waals surface area contributed by atoms with E-state index >= 15 is 0 Å². The average Bonchev–Trinajstić information content (AvgIpc) is 2.42. The number of nitrogens with zero attached hydrogens (tertiary/aromatic N) is 2. The number of urea groups is 1. The van der Waals surface area contributed by atoms with E-state index in [4.69, 9.17) is 10.8 Å². The molecule has 0 aliphatic carbocycles. The van der Waals surface area contributed by atoms with Gasteiger partial charge in [0.25, 0.3) is 0 Å². The molecule has 1 aliphatic heterocycles. The average molecular weight is 285 g/mol. The van der Waals surface area contributed by atoms with Crippen LogP contribution in [0.5, 0.6) is 0 Å². The summed E-state index contributed by atoms with van der Waals surface area (Å²) in [6.07, 6.45) is 2.94. The molecule has 3 amide bonds. The molecule has 1 rings (SSSR count). The Morgan fingerprint density at radius 1 is 1.40 bits per heavy atom. The first-order chi connectivity index (χ1) is 9.45. The topological polar surface area (TPSA) is 104 Å². The lowest BCUT2D eigenvalue weighted by Crippen LogP contribution is -2.51. The number of unbranched alkanes of at least 4 members (excludes halogenated alkanes) is 1. The number of nitrogens with two attached hydrogens (primary N) is 1. The maximum absolute atomic E-state index is 12.4. The van der Waals surface area contributed by atoms with E-state index in [1.54, 1.807) is 0 Å². The van der Waals surface area contributed by atoms with Crippen LogP contribution in [-0.4, -0.2) is 59.0 Å². The monoisotopic (exact) mass is 285 g/mol. The summed E-state index contributed by atoms with van der Waals surface area (Å²) < 4.78 is 0. The zero-order chi connectivity index (χ0) is 15.1. The Morgan fingerprint density at radius 2 is 2.10 bits per heavy atom. The van der Waals surface area contributed by atoms with Crippen LogP contribution in [0.1, 0.15) is 32.6 Å². The predicted octanol–water partition coefficient (Wildman–Crippen LogP) is 0.490. The van der Waals surface area contributed by atoms with Gasteiger partial charge in [-0.1, -0.05) is 13.3 Å². The van der Waals surface area contributed by atoms with Gasteiger partial charge in [0.05, 0.1) is 5.92 Å². The number of carbonyl (C=O) groups is 3. The van der Waals surface area contributed by atoms with E-state index < -0.39 is 17.8 Å². The molecule has 0 bridgehead atoms.